The summed E-state index contributed by atoms with van der Waals surface area (Å²) in [5.74, 6) is 0.274. The maximum atomic E-state index is 13.7. The van der Waals surface area contributed by atoms with Crippen molar-refractivity contribution in [3.63, 3.8) is 0 Å². The number of amides is 3. The molecule has 1 atom stereocenters. The van der Waals surface area contributed by atoms with Crippen LogP contribution in [0.25, 0.3) is 21.9 Å². The largest absolute Gasteiger partial charge is 0.494 e. The number of nitrogens with one attached hydrogen (secondary N) is 2. The number of rotatable bonds is 11. The molecule has 300 valence electrons. The Morgan fingerprint density at radius 2 is 1.79 bits per heavy atom. The van der Waals surface area contributed by atoms with Crippen molar-refractivity contribution in [1.29, 1.82) is 0 Å². The van der Waals surface area contributed by atoms with E-state index in [9.17, 15) is 23.6 Å². The fraction of sp³-hybridized carbons (Fsp3) is 0.488. The maximum Gasteiger partial charge on any atom is 0.329 e. The summed E-state index contributed by atoms with van der Waals surface area (Å²) in [6.45, 7) is 4.93. The summed E-state index contributed by atoms with van der Waals surface area (Å²) >= 11 is 0. The lowest BCUT2D eigenvalue weighted by Gasteiger charge is -2.36. The van der Waals surface area contributed by atoms with Crippen LogP contribution in [0.3, 0.4) is 0 Å². The van der Waals surface area contributed by atoms with Crippen molar-refractivity contribution >= 4 is 45.3 Å². The molecule has 57 heavy (non-hydrogen) atoms. The van der Waals surface area contributed by atoms with Crippen molar-refractivity contribution in [2.24, 2.45) is 18.9 Å². The summed E-state index contributed by atoms with van der Waals surface area (Å²) in [6.07, 6.45) is 12.6. The SMILES string of the molecule is COc1cc2nn(C3CCC(CN4CCC(CCCc5cccc6c5n(C)c(=O)n6C5CCC(=O)NC5=O)CC4)CC3)cc2cc1NC(=O)c1ccc(F)c(C)n1. The number of anilines is 1. The predicted molar refractivity (Wildman–Crippen MR) is 215 cm³/mol. The number of carbonyl (C=O) groups excluding carboxylic acids is 3. The minimum atomic E-state index is -0.673. The molecule has 3 aliphatic rings. The van der Waals surface area contributed by atoms with E-state index in [-0.39, 0.29) is 29.4 Å². The third kappa shape index (κ3) is 7.96. The summed E-state index contributed by atoms with van der Waals surface area (Å²) in [5.41, 5.74) is 4.15. The van der Waals surface area contributed by atoms with Gasteiger partial charge < -0.3 is 15.0 Å². The first-order valence-corrected chi connectivity index (χ1v) is 20.3. The standard InChI is InChI=1S/C43H51FN8O5/c1-26-32(44)14-15-33(45-26)41(54)46-35-22-30-25-51(48-34(30)23-38(35)57-3)31-12-10-28(11-13-31)24-50-20-18-27(19-21-50)6-4-7-29-8-5-9-36-40(29)49(2)43(56)52(36)37-16-17-39(53)47-42(37)55/h5,8-9,14-15,22-23,25,27-28,31,37H,4,6-7,10-13,16-21,24H2,1-3H3,(H,46,54)(H,47,53,55). The number of ether oxygens (including phenoxy) is 1. The Morgan fingerprint density at radius 1 is 1.00 bits per heavy atom. The summed E-state index contributed by atoms with van der Waals surface area (Å²) in [7, 11) is 3.33. The maximum absolute atomic E-state index is 13.7. The molecule has 2 aromatic carbocycles. The van der Waals surface area contributed by atoms with Crippen LogP contribution < -0.4 is 21.1 Å². The molecular formula is C43H51FN8O5. The predicted octanol–water partition coefficient (Wildman–Crippen LogP) is 6.24. The highest BCUT2D eigenvalue weighted by molar-refractivity contribution is 6.05. The summed E-state index contributed by atoms with van der Waals surface area (Å²) in [5, 5.41) is 11.1. The van der Waals surface area contributed by atoms with Crippen LogP contribution in [-0.2, 0) is 23.1 Å². The Balaban J connectivity index is 0.804. The van der Waals surface area contributed by atoms with E-state index in [0.717, 1.165) is 92.1 Å². The summed E-state index contributed by atoms with van der Waals surface area (Å²) < 4.78 is 24.6. The first-order chi connectivity index (χ1) is 27.6. The molecule has 5 aromatic rings. The molecule has 8 rings (SSSR count). The van der Waals surface area contributed by atoms with Gasteiger partial charge in [-0.2, -0.15) is 5.10 Å². The zero-order valence-corrected chi connectivity index (χ0v) is 32.9. The van der Waals surface area contributed by atoms with Gasteiger partial charge in [0.15, 0.2) is 0 Å². The van der Waals surface area contributed by atoms with E-state index < -0.39 is 23.7 Å². The van der Waals surface area contributed by atoms with Crippen LogP contribution >= 0.6 is 0 Å². The number of benzene rings is 2. The normalized spacial score (nSPS) is 20.9. The molecule has 3 amide bonds. The highest BCUT2D eigenvalue weighted by Gasteiger charge is 2.32. The van der Waals surface area contributed by atoms with E-state index in [0.29, 0.717) is 35.7 Å². The molecule has 3 aromatic heterocycles. The van der Waals surface area contributed by atoms with Gasteiger partial charge in [0, 0.05) is 37.7 Å². The van der Waals surface area contributed by atoms with Crippen LogP contribution in [0, 0.1) is 24.6 Å². The quantitative estimate of drug-likeness (QED) is 0.150. The number of nitrogens with zero attached hydrogens (tertiary/aromatic N) is 6. The Hall–Kier alpha value is -5.37. The van der Waals surface area contributed by atoms with Gasteiger partial charge in [0.1, 0.15) is 23.3 Å². The van der Waals surface area contributed by atoms with E-state index in [2.05, 4.69) is 37.5 Å². The molecule has 2 aliphatic heterocycles. The number of aryl methyl sites for hydroxylation is 3. The minimum Gasteiger partial charge on any atom is -0.494 e. The summed E-state index contributed by atoms with van der Waals surface area (Å²) in [6, 6.07) is 11.9. The lowest BCUT2D eigenvalue weighted by molar-refractivity contribution is -0.135. The molecule has 0 radical (unpaired) electrons. The number of imide groups is 1. The number of hydrogen-bond donors (Lipinski definition) is 2. The van der Waals surface area contributed by atoms with Gasteiger partial charge in [0.2, 0.25) is 11.8 Å². The number of hydrogen-bond acceptors (Lipinski definition) is 8. The van der Waals surface area contributed by atoms with E-state index in [4.69, 9.17) is 9.84 Å². The molecule has 5 heterocycles. The Labute approximate surface area is 330 Å². The minimum absolute atomic E-state index is 0.132. The van der Waals surface area contributed by atoms with Gasteiger partial charge in [-0.25, -0.2) is 14.2 Å². The lowest BCUT2D eigenvalue weighted by atomic mass is 9.84. The Bertz CT molecular complexity index is 2380. The molecule has 2 saturated heterocycles. The molecule has 13 nitrogen and oxygen atoms in total. The third-order valence-corrected chi connectivity index (χ3v) is 12.5. The van der Waals surface area contributed by atoms with E-state index in [1.54, 1.807) is 23.3 Å². The van der Waals surface area contributed by atoms with Crippen LogP contribution in [0.15, 0.2) is 53.5 Å². The fourth-order valence-corrected chi connectivity index (χ4v) is 9.33. The second-order valence-corrected chi connectivity index (χ2v) is 16.2. The van der Waals surface area contributed by atoms with E-state index >= 15 is 0 Å². The molecule has 1 unspecified atom stereocenters. The van der Waals surface area contributed by atoms with Gasteiger partial charge >= 0.3 is 5.69 Å². The summed E-state index contributed by atoms with van der Waals surface area (Å²) in [4.78, 5) is 57.3. The topological polar surface area (TPSA) is 145 Å². The number of halogens is 1. The molecule has 3 fully saturated rings. The highest BCUT2D eigenvalue weighted by Crippen LogP contribution is 2.36. The van der Waals surface area contributed by atoms with Gasteiger partial charge in [-0.3, -0.25) is 33.5 Å². The van der Waals surface area contributed by atoms with E-state index in [1.807, 2.05) is 24.3 Å². The second kappa shape index (κ2) is 16.2. The first kappa shape index (κ1) is 38.5. The number of piperidine rings is 2. The van der Waals surface area contributed by atoms with Crippen LogP contribution in [0.5, 0.6) is 5.75 Å². The molecular weight excluding hydrogens is 728 g/mol. The fourth-order valence-electron chi connectivity index (χ4n) is 9.33. The van der Waals surface area contributed by atoms with Gasteiger partial charge in [-0.15, -0.1) is 0 Å². The number of pyridine rings is 1. The van der Waals surface area contributed by atoms with Crippen molar-refractivity contribution in [3.8, 4) is 5.75 Å². The van der Waals surface area contributed by atoms with Crippen LogP contribution in [0.4, 0.5) is 10.1 Å². The number of likely N-dealkylation sites (tertiary alicyclic amines) is 1. The number of carbonyl (C=O) groups is 3. The van der Waals surface area contributed by atoms with Crippen molar-refractivity contribution < 1.29 is 23.5 Å². The zero-order chi connectivity index (χ0) is 39.8. The monoisotopic (exact) mass is 778 g/mol. The number of imidazole rings is 1. The number of fused-ring (bicyclic) bond motifs is 2. The molecule has 1 aliphatic carbocycles. The van der Waals surface area contributed by atoms with Crippen molar-refractivity contribution in [1.82, 2.24) is 34.1 Å². The molecule has 2 N–H and O–H groups in total. The molecule has 0 bridgehead atoms. The average molecular weight is 779 g/mol. The molecule has 14 heteroatoms. The van der Waals surface area contributed by atoms with Gasteiger partial charge in [0.25, 0.3) is 5.91 Å². The molecule has 1 saturated carbocycles. The second-order valence-electron chi connectivity index (χ2n) is 16.2. The highest BCUT2D eigenvalue weighted by atomic mass is 19.1. The number of methoxy groups -OCH3 is 1. The van der Waals surface area contributed by atoms with Crippen LogP contribution in [0.1, 0.15) is 98.0 Å². The third-order valence-electron chi connectivity index (χ3n) is 12.5. The van der Waals surface area contributed by atoms with Gasteiger partial charge in [0.05, 0.1) is 41.1 Å². The average Bonchev–Trinajstić information content (AvgIpc) is 3.74. The van der Waals surface area contributed by atoms with Crippen molar-refractivity contribution in [2.75, 3.05) is 32.1 Å². The van der Waals surface area contributed by atoms with Crippen LogP contribution in [-0.4, -0.2) is 73.3 Å². The Morgan fingerprint density at radius 3 is 2.53 bits per heavy atom. The zero-order valence-electron chi connectivity index (χ0n) is 32.9. The van der Waals surface area contributed by atoms with Gasteiger partial charge in [-0.05, 0) is 119 Å². The lowest BCUT2D eigenvalue weighted by Crippen LogP contribution is -2.44. The van der Waals surface area contributed by atoms with Crippen molar-refractivity contribution in [3.05, 3.63) is 81.9 Å². The van der Waals surface area contributed by atoms with Crippen LogP contribution in [0.2, 0.25) is 0 Å². The Kier molecular flexibility index (Phi) is 11.0. The van der Waals surface area contributed by atoms with Gasteiger partial charge in [-0.1, -0.05) is 18.6 Å². The van der Waals surface area contributed by atoms with Crippen molar-refractivity contribution in [2.45, 2.75) is 89.6 Å². The van der Waals surface area contributed by atoms with E-state index in [1.165, 1.54) is 31.9 Å². The molecule has 0 spiro atoms. The first-order valence-electron chi connectivity index (χ1n) is 20.3. The smallest absolute Gasteiger partial charge is 0.329 e. The number of aromatic nitrogens is 5. The number of para-hydroxylation sites is 1.